The summed E-state index contributed by atoms with van der Waals surface area (Å²) in [6, 6.07) is 5.16. The van der Waals surface area contributed by atoms with Gasteiger partial charge in [0, 0.05) is 6.08 Å². The number of hydrogen-bond acceptors (Lipinski definition) is 7. The lowest BCUT2D eigenvalue weighted by Gasteiger charge is -1.93. The fourth-order valence-corrected chi connectivity index (χ4v) is 2.59. The molecule has 0 saturated carbocycles. The molecule has 22 heavy (non-hydrogen) atoms. The van der Waals surface area contributed by atoms with Gasteiger partial charge in [0.2, 0.25) is 5.90 Å². The molecule has 3 heterocycles. The molecule has 7 heteroatoms. The fourth-order valence-electron chi connectivity index (χ4n) is 1.94. The first-order chi connectivity index (χ1) is 10.6. The summed E-state index contributed by atoms with van der Waals surface area (Å²) in [5.41, 5.74) is 0.428. The SMILES string of the molecule is COC(=O)c1cc(/C=C2\N=C(c3cccs3)OC2=O)oc1C. The quantitative estimate of drug-likeness (QED) is 0.642. The highest BCUT2D eigenvalue weighted by Crippen LogP contribution is 2.23. The highest BCUT2D eigenvalue weighted by atomic mass is 32.1. The molecule has 3 rings (SSSR count). The summed E-state index contributed by atoms with van der Waals surface area (Å²) >= 11 is 1.42. The molecule has 6 nitrogen and oxygen atoms in total. The van der Waals surface area contributed by atoms with Gasteiger partial charge in [-0.15, -0.1) is 11.3 Å². The van der Waals surface area contributed by atoms with Gasteiger partial charge in [-0.3, -0.25) is 0 Å². The maximum absolute atomic E-state index is 11.8. The predicted octanol–water partition coefficient (Wildman–Crippen LogP) is 2.78. The fraction of sp³-hybridized carbons (Fsp3) is 0.133. The van der Waals surface area contributed by atoms with Crippen LogP contribution >= 0.6 is 11.3 Å². The van der Waals surface area contributed by atoms with Gasteiger partial charge in [-0.25, -0.2) is 14.6 Å². The Balaban J connectivity index is 1.92. The third-order valence-corrected chi connectivity index (χ3v) is 3.83. The van der Waals surface area contributed by atoms with E-state index in [4.69, 9.17) is 9.15 Å². The highest BCUT2D eigenvalue weighted by molar-refractivity contribution is 7.12. The second-order valence-electron chi connectivity index (χ2n) is 4.42. The molecule has 112 valence electrons. The van der Waals surface area contributed by atoms with Crippen molar-refractivity contribution in [2.75, 3.05) is 7.11 Å². The van der Waals surface area contributed by atoms with Crippen molar-refractivity contribution in [1.29, 1.82) is 0 Å². The predicted molar refractivity (Wildman–Crippen MR) is 79.7 cm³/mol. The molecule has 2 aromatic heterocycles. The minimum absolute atomic E-state index is 0.119. The lowest BCUT2D eigenvalue weighted by Crippen LogP contribution is -2.03. The summed E-state index contributed by atoms with van der Waals surface area (Å²) < 4.78 is 15.2. The van der Waals surface area contributed by atoms with Crippen LogP contribution in [-0.2, 0) is 14.3 Å². The molecule has 0 spiro atoms. The molecule has 0 N–H and O–H groups in total. The summed E-state index contributed by atoms with van der Waals surface area (Å²) in [5.74, 6) is -0.0454. The van der Waals surface area contributed by atoms with Crippen LogP contribution in [0.2, 0.25) is 0 Å². The molecule has 0 atom stereocenters. The Kier molecular flexibility index (Phi) is 3.64. The molecule has 0 bridgehead atoms. The number of thiophene rings is 1. The second kappa shape index (κ2) is 5.61. The van der Waals surface area contributed by atoms with E-state index in [0.29, 0.717) is 17.1 Å². The van der Waals surface area contributed by atoms with Crippen LogP contribution < -0.4 is 0 Å². The van der Waals surface area contributed by atoms with Gasteiger partial charge >= 0.3 is 11.9 Å². The number of carbonyl (C=O) groups excluding carboxylic acids is 2. The van der Waals surface area contributed by atoms with E-state index in [1.807, 2.05) is 17.5 Å². The molecular weight excluding hydrogens is 306 g/mol. The van der Waals surface area contributed by atoms with Gasteiger partial charge < -0.3 is 13.9 Å². The third-order valence-electron chi connectivity index (χ3n) is 2.97. The number of furan rings is 1. The summed E-state index contributed by atoms with van der Waals surface area (Å²) in [6.07, 6.45) is 1.43. The van der Waals surface area contributed by atoms with Crippen molar-refractivity contribution in [3.05, 3.63) is 51.2 Å². The summed E-state index contributed by atoms with van der Waals surface area (Å²) in [6.45, 7) is 1.64. The summed E-state index contributed by atoms with van der Waals surface area (Å²) in [4.78, 5) is 28.3. The van der Waals surface area contributed by atoms with E-state index in [1.165, 1.54) is 30.6 Å². The zero-order valence-electron chi connectivity index (χ0n) is 11.8. The first-order valence-corrected chi connectivity index (χ1v) is 7.21. The van der Waals surface area contributed by atoms with Gasteiger partial charge in [0.15, 0.2) is 5.70 Å². The van der Waals surface area contributed by atoms with Crippen LogP contribution in [0.15, 0.2) is 38.7 Å². The van der Waals surface area contributed by atoms with Crippen LogP contribution in [0.25, 0.3) is 6.08 Å². The van der Waals surface area contributed by atoms with Crippen molar-refractivity contribution in [2.45, 2.75) is 6.92 Å². The monoisotopic (exact) mass is 317 g/mol. The van der Waals surface area contributed by atoms with Gasteiger partial charge in [0.05, 0.1) is 12.0 Å². The normalized spacial score (nSPS) is 15.8. The van der Waals surface area contributed by atoms with Crippen molar-refractivity contribution < 1.29 is 23.5 Å². The number of cyclic esters (lactones) is 1. The Morgan fingerprint density at radius 3 is 2.95 bits per heavy atom. The molecule has 0 fully saturated rings. The zero-order valence-corrected chi connectivity index (χ0v) is 12.6. The van der Waals surface area contributed by atoms with Crippen molar-refractivity contribution in [2.24, 2.45) is 4.99 Å². The standard InChI is InChI=1S/C15H11NO5S/c1-8-10(14(17)19-2)6-9(20-8)7-11-15(18)21-13(16-11)12-4-3-5-22-12/h3-7H,1-2H3/b11-7-. The molecule has 2 aromatic rings. The van der Waals surface area contributed by atoms with Gasteiger partial charge in [-0.1, -0.05) is 6.07 Å². The number of nitrogens with zero attached hydrogens (tertiary/aromatic N) is 1. The van der Waals surface area contributed by atoms with E-state index in [-0.39, 0.29) is 11.6 Å². The lowest BCUT2D eigenvalue weighted by molar-refractivity contribution is -0.129. The molecule has 0 saturated heterocycles. The van der Waals surface area contributed by atoms with Crippen molar-refractivity contribution in [1.82, 2.24) is 0 Å². The second-order valence-corrected chi connectivity index (χ2v) is 5.37. The molecule has 1 aliphatic rings. The van der Waals surface area contributed by atoms with Gasteiger partial charge in [0.25, 0.3) is 0 Å². The lowest BCUT2D eigenvalue weighted by atomic mass is 10.2. The smallest absolute Gasteiger partial charge is 0.363 e. The largest absolute Gasteiger partial charge is 0.465 e. The summed E-state index contributed by atoms with van der Waals surface area (Å²) in [5, 5.41) is 1.87. The number of aryl methyl sites for hydroxylation is 1. The highest BCUT2D eigenvalue weighted by Gasteiger charge is 2.25. The number of aliphatic imine (C=N–C) groups is 1. The van der Waals surface area contributed by atoms with Crippen LogP contribution in [0, 0.1) is 6.92 Å². The number of ether oxygens (including phenoxy) is 2. The number of methoxy groups -OCH3 is 1. The maximum Gasteiger partial charge on any atom is 0.363 e. The molecular formula is C15H11NO5S. The van der Waals surface area contributed by atoms with E-state index in [0.717, 1.165) is 4.88 Å². The van der Waals surface area contributed by atoms with Crippen molar-refractivity contribution in [3.8, 4) is 0 Å². The molecule has 0 unspecified atom stereocenters. The first kappa shape index (κ1) is 14.3. The van der Waals surface area contributed by atoms with E-state index >= 15 is 0 Å². The van der Waals surface area contributed by atoms with E-state index in [1.54, 1.807) is 6.92 Å². The van der Waals surface area contributed by atoms with Crippen LogP contribution in [0.5, 0.6) is 0 Å². The minimum atomic E-state index is -0.558. The molecule has 1 aliphatic heterocycles. The third kappa shape index (κ3) is 2.58. The van der Waals surface area contributed by atoms with Crippen LogP contribution in [0.3, 0.4) is 0 Å². The molecule has 0 aliphatic carbocycles. The van der Waals surface area contributed by atoms with Crippen LogP contribution in [0.4, 0.5) is 0 Å². The Morgan fingerprint density at radius 1 is 1.45 bits per heavy atom. The van der Waals surface area contributed by atoms with E-state index in [9.17, 15) is 9.59 Å². The number of rotatable bonds is 3. The van der Waals surface area contributed by atoms with Gasteiger partial charge in [-0.2, -0.15) is 0 Å². The maximum atomic E-state index is 11.8. The topological polar surface area (TPSA) is 78.1 Å². The van der Waals surface area contributed by atoms with Crippen LogP contribution in [-0.4, -0.2) is 24.9 Å². The number of carbonyl (C=O) groups is 2. The Hall–Kier alpha value is -2.67. The van der Waals surface area contributed by atoms with Crippen LogP contribution in [0.1, 0.15) is 26.8 Å². The minimum Gasteiger partial charge on any atom is -0.465 e. The Morgan fingerprint density at radius 2 is 2.27 bits per heavy atom. The molecule has 0 aromatic carbocycles. The van der Waals surface area contributed by atoms with Crippen molar-refractivity contribution >= 4 is 35.2 Å². The van der Waals surface area contributed by atoms with E-state index < -0.39 is 11.9 Å². The molecule has 0 amide bonds. The van der Waals surface area contributed by atoms with Gasteiger partial charge in [-0.05, 0) is 24.4 Å². The zero-order chi connectivity index (χ0) is 15.7. The van der Waals surface area contributed by atoms with Crippen molar-refractivity contribution in [3.63, 3.8) is 0 Å². The average Bonchev–Trinajstić information content (AvgIpc) is 3.20. The average molecular weight is 317 g/mol. The number of hydrogen-bond donors (Lipinski definition) is 0. The summed E-state index contributed by atoms with van der Waals surface area (Å²) in [7, 11) is 1.29. The van der Waals surface area contributed by atoms with E-state index in [2.05, 4.69) is 9.73 Å². The number of esters is 2. The van der Waals surface area contributed by atoms with Gasteiger partial charge in [0.1, 0.15) is 17.1 Å². The molecule has 0 radical (unpaired) electrons. The Bertz CT molecular complexity index is 798. The first-order valence-electron chi connectivity index (χ1n) is 6.33. The Labute approximate surface area is 129 Å².